The normalized spacial score (nSPS) is 24.8. The number of ether oxygens (including phenoxy) is 4. The highest BCUT2D eigenvalue weighted by Crippen LogP contribution is 2.47. The molecule has 0 radical (unpaired) electrons. The average molecular weight is 562 g/mol. The summed E-state index contributed by atoms with van der Waals surface area (Å²) < 4.78 is 61.0. The Kier molecular flexibility index (Phi) is 8.41. The number of hydrogen-bond donors (Lipinski definition) is 1. The predicted molar refractivity (Wildman–Crippen MR) is 141 cm³/mol. The molecule has 216 valence electrons. The van der Waals surface area contributed by atoms with Crippen molar-refractivity contribution in [1.29, 1.82) is 0 Å². The van der Waals surface area contributed by atoms with Gasteiger partial charge in [-0.25, -0.2) is 0 Å². The van der Waals surface area contributed by atoms with E-state index in [9.17, 15) is 23.1 Å². The molecule has 2 heterocycles. The van der Waals surface area contributed by atoms with Gasteiger partial charge in [-0.15, -0.1) is 0 Å². The van der Waals surface area contributed by atoms with E-state index < -0.39 is 35.1 Å². The Morgan fingerprint density at radius 1 is 1.18 bits per heavy atom. The van der Waals surface area contributed by atoms with Crippen molar-refractivity contribution in [3.05, 3.63) is 59.2 Å². The lowest BCUT2D eigenvalue weighted by atomic mass is 9.72. The molecular formula is C30H34F3NO6. The van der Waals surface area contributed by atoms with Crippen molar-refractivity contribution in [2.45, 2.75) is 57.8 Å². The number of halogens is 3. The molecule has 0 bridgehead atoms. The van der Waals surface area contributed by atoms with Crippen molar-refractivity contribution in [2.75, 3.05) is 33.4 Å². The molecule has 2 aromatic carbocycles. The largest absolute Gasteiger partial charge is 0.493 e. The molecule has 2 fully saturated rings. The molecule has 7 nitrogen and oxygen atoms in total. The number of rotatable bonds is 6. The number of carbonyl (C=O) groups is 1. The van der Waals surface area contributed by atoms with Crippen LogP contribution in [0.25, 0.3) is 0 Å². The molecule has 2 aromatic rings. The lowest BCUT2D eigenvalue weighted by Gasteiger charge is -2.34. The van der Waals surface area contributed by atoms with Crippen molar-refractivity contribution >= 4 is 5.91 Å². The van der Waals surface area contributed by atoms with Gasteiger partial charge in [0.05, 0.1) is 25.4 Å². The summed E-state index contributed by atoms with van der Waals surface area (Å²) in [6.45, 7) is 8.06. The van der Waals surface area contributed by atoms with E-state index in [4.69, 9.17) is 18.9 Å². The maximum absolute atomic E-state index is 13.3. The second-order valence-corrected chi connectivity index (χ2v) is 10.8. The molecule has 40 heavy (non-hydrogen) atoms. The first-order chi connectivity index (χ1) is 18.7. The van der Waals surface area contributed by atoms with Crippen LogP contribution in [0.3, 0.4) is 0 Å². The van der Waals surface area contributed by atoms with Crippen molar-refractivity contribution < 1.29 is 42.0 Å². The Labute approximate surface area is 232 Å². The fourth-order valence-corrected chi connectivity index (χ4v) is 5.12. The fraction of sp³-hybridized carbons (Fsp3) is 0.500. The summed E-state index contributed by atoms with van der Waals surface area (Å²) in [6.07, 6.45) is -5.82. The van der Waals surface area contributed by atoms with Gasteiger partial charge in [0.2, 0.25) is 0 Å². The minimum Gasteiger partial charge on any atom is -0.493 e. The molecule has 0 aromatic heterocycles. The molecule has 2 aliphatic rings. The number of amides is 1. The van der Waals surface area contributed by atoms with E-state index in [-0.39, 0.29) is 25.0 Å². The standard InChI is InChI=1S/C30H34F3NO6/c1-19(35)29(4)18-34(27(36)26-17-39-28(2,3)40-26)16-23(29)21-10-13-24(37-5)25(15-21)38-14-6-7-20-8-11-22(12-9-20)30(31,32)33/h8-13,15,19,23,26,35H,14,16-18H2,1-5H3/t19-,23+,26?,29+/m1/s1. The SMILES string of the molecule is COc1ccc([C@@H]2CN(C(=O)C3COC(C)(C)O3)C[C@@]2(C)[C@@H](C)O)cc1OCC#Cc1ccc(C(F)(F)F)cc1. The molecule has 0 aliphatic carbocycles. The van der Waals surface area contributed by atoms with Gasteiger partial charge >= 0.3 is 6.18 Å². The third-order valence-corrected chi connectivity index (χ3v) is 7.62. The second kappa shape index (κ2) is 11.3. The number of hydrogen-bond acceptors (Lipinski definition) is 6. The van der Waals surface area contributed by atoms with Gasteiger partial charge in [0.15, 0.2) is 23.4 Å². The molecule has 1 unspecified atom stereocenters. The van der Waals surface area contributed by atoms with E-state index in [1.165, 1.54) is 19.2 Å². The zero-order chi connectivity index (χ0) is 29.3. The maximum Gasteiger partial charge on any atom is 0.416 e. The molecular weight excluding hydrogens is 527 g/mol. The summed E-state index contributed by atoms with van der Waals surface area (Å²) in [6, 6.07) is 10.1. The van der Waals surface area contributed by atoms with Crippen LogP contribution in [-0.2, 0) is 20.4 Å². The van der Waals surface area contributed by atoms with Crippen LogP contribution in [-0.4, -0.2) is 67.3 Å². The summed E-state index contributed by atoms with van der Waals surface area (Å²) in [5.74, 6) is 5.30. The Hall–Kier alpha value is -3.26. The van der Waals surface area contributed by atoms with Crippen LogP contribution < -0.4 is 9.47 Å². The Balaban J connectivity index is 1.50. The van der Waals surface area contributed by atoms with Crippen LogP contribution in [0.15, 0.2) is 42.5 Å². The van der Waals surface area contributed by atoms with Crippen LogP contribution in [0.2, 0.25) is 0 Å². The van der Waals surface area contributed by atoms with Gasteiger partial charge in [0, 0.05) is 30.0 Å². The summed E-state index contributed by atoms with van der Waals surface area (Å²) in [5, 5.41) is 10.8. The summed E-state index contributed by atoms with van der Waals surface area (Å²) in [7, 11) is 1.51. The summed E-state index contributed by atoms with van der Waals surface area (Å²) in [5.41, 5.74) is -0.0890. The zero-order valence-electron chi connectivity index (χ0n) is 23.2. The number of nitrogens with zero attached hydrogens (tertiary/aromatic N) is 1. The van der Waals surface area contributed by atoms with E-state index in [0.29, 0.717) is 30.2 Å². The second-order valence-electron chi connectivity index (χ2n) is 10.8. The van der Waals surface area contributed by atoms with E-state index in [1.54, 1.807) is 31.7 Å². The van der Waals surface area contributed by atoms with E-state index in [1.807, 2.05) is 19.1 Å². The highest BCUT2D eigenvalue weighted by molar-refractivity contribution is 5.82. The molecule has 0 saturated carbocycles. The first kappa shape index (κ1) is 29.7. The Morgan fingerprint density at radius 2 is 1.88 bits per heavy atom. The predicted octanol–water partition coefficient (Wildman–Crippen LogP) is 4.61. The molecule has 1 amide bonds. The van der Waals surface area contributed by atoms with Gasteiger partial charge in [0.25, 0.3) is 5.91 Å². The highest BCUT2D eigenvalue weighted by Gasteiger charge is 2.50. The van der Waals surface area contributed by atoms with Crippen LogP contribution in [0.4, 0.5) is 13.2 Å². The Morgan fingerprint density at radius 3 is 2.45 bits per heavy atom. The van der Waals surface area contributed by atoms with E-state index in [2.05, 4.69) is 11.8 Å². The fourth-order valence-electron chi connectivity index (χ4n) is 5.12. The number of carbonyl (C=O) groups excluding carboxylic acids is 1. The van der Waals surface area contributed by atoms with Crippen LogP contribution in [0.5, 0.6) is 11.5 Å². The quantitative estimate of drug-likeness (QED) is 0.520. The average Bonchev–Trinajstić information content (AvgIpc) is 3.45. The van der Waals surface area contributed by atoms with Crippen molar-refractivity contribution in [3.63, 3.8) is 0 Å². The minimum atomic E-state index is -4.40. The molecule has 4 rings (SSSR count). The number of aliphatic hydroxyl groups excluding tert-OH is 1. The Bertz CT molecular complexity index is 1280. The van der Waals surface area contributed by atoms with Gasteiger partial charge in [-0.3, -0.25) is 4.79 Å². The monoisotopic (exact) mass is 561 g/mol. The number of aliphatic hydroxyl groups is 1. The molecule has 2 aliphatic heterocycles. The third-order valence-electron chi connectivity index (χ3n) is 7.62. The molecule has 2 saturated heterocycles. The summed E-state index contributed by atoms with van der Waals surface area (Å²) in [4.78, 5) is 15.0. The van der Waals surface area contributed by atoms with Crippen LogP contribution >= 0.6 is 0 Å². The number of methoxy groups -OCH3 is 1. The van der Waals surface area contributed by atoms with Crippen LogP contribution in [0.1, 0.15) is 50.3 Å². The molecule has 0 spiro atoms. The lowest BCUT2D eigenvalue weighted by molar-refractivity contribution is -0.159. The lowest BCUT2D eigenvalue weighted by Crippen LogP contribution is -2.42. The van der Waals surface area contributed by atoms with Gasteiger partial charge in [-0.2, -0.15) is 13.2 Å². The maximum atomic E-state index is 13.3. The van der Waals surface area contributed by atoms with Gasteiger partial charge in [-0.05, 0) is 62.7 Å². The van der Waals surface area contributed by atoms with E-state index in [0.717, 1.165) is 17.7 Å². The van der Waals surface area contributed by atoms with Gasteiger partial charge < -0.3 is 29.0 Å². The number of alkyl halides is 3. The van der Waals surface area contributed by atoms with Crippen molar-refractivity contribution in [3.8, 4) is 23.3 Å². The topological polar surface area (TPSA) is 77.5 Å². The van der Waals surface area contributed by atoms with Gasteiger partial charge in [0.1, 0.15) is 6.61 Å². The number of benzene rings is 2. The number of likely N-dealkylation sites (tertiary alicyclic amines) is 1. The molecule has 1 N–H and O–H groups in total. The first-order valence-corrected chi connectivity index (χ1v) is 13.0. The van der Waals surface area contributed by atoms with E-state index >= 15 is 0 Å². The highest BCUT2D eigenvalue weighted by atomic mass is 19.4. The molecule has 4 atom stereocenters. The first-order valence-electron chi connectivity index (χ1n) is 13.0. The van der Waals surface area contributed by atoms with Crippen LogP contribution in [0, 0.1) is 17.3 Å². The minimum absolute atomic E-state index is 0.0292. The third kappa shape index (κ3) is 6.38. The van der Waals surface area contributed by atoms with Gasteiger partial charge in [-0.1, -0.05) is 24.8 Å². The van der Waals surface area contributed by atoms with Crippen molar-refractivity contribution in [2.24, 2.45) is 5.41 Å². The van der Waals surface area contributed by atoms with Crippen molar-refractivity contribution in [1.82, 2.24) is 4.90 Å². The zero-order valence-corrected chi connectivity index (χ0v) is 23.2. The summed E-state index contributed by atoms with van der Waals surface area (Å²) >= 11 is 0. The smallest absolute Gasteiger partial charge is 0.416 e. The molecule has 10 heteroatoms.